The van der Waals surface area contributed by atoms with Gasteiger partial charge in [-0.15, -0.1) is 0 Å². The van der Waals surface area contributed by atoms with E-state index >= 15 is 0 Å². The molecule has 0 aromatic heterocycles. The van der Waals surface area contributed by atoms with Crippen LogP contribution in [0.25, 0.3) is 0 Å². The van der Waals surface area contributed by atoms with E-state index < -0.39 is 6.09 Å². The summed E-state index contributed by atoms with van der Waals surface area (Å²) in [6.07, 6.45) is 0.795. The zero-order valence-electron chi connectivity index (χ0n) is 9.40. The number of nitrogens with one attached hydrogen (secondary N) is 1. The molecule has 17 heavy (non-hydrogen) atoms. The average molecular weight is 299 g/mol. The summed E-state index contributed by atoms with van der Waals surface area (Å²) >= 11 is 3.46. The summed E-state index contributed by atoms with van der Waals surface area (Å²) < 4.78 is 1.07. The number of benzene rings is 1. The van der Waals surface area contributed by atoms with Gasteiger partial charge in [-0.25, -0.2) is 4.79 Å². The number of nitrogens with zero attached hydrogens (tertiary/aromatic N) is 1. The fourth-order valence-corrected chi connectivity index (χ4v) is 2.52. The van der Waals surface area contributed by atoms with E-state index in [9.17, 15) is 4.79 Å². The van der Waals surface area contributed by atoms with E-state index in [1.54, 1.807) is 0 Å². The highest BCUT2D eigenvalue weighted by molar-refractivity contribution is 9.10. The van der Waals surface area contributed by atoms with Gasteiger partial charge in [0.2, 0.25) is 0 Å². The first kappa shape index (κ1) is 12.2. The van der Waals surface area contributed by atoms with Crippen molar-refractivity contribution in [2.24, 2.45) is 0 Å². The highest BCUT2D eigenvalue weighted by Gasteiger charge is 2.20. The molecule has 0 spiro atoms. The summed E-state index contributed by atoms with van der Waals surface area (Å²) in [6, 6.07) is 8.28. The van der Waals surface area contributed by atoms with Gasteiger partial charge in [-0.3, -0.25) is 0 Å². The zero-order chi connectivity index (χ0) is 12.3. The minimum atomic E-state index is -0.925. The van der Waals surface area contributed by atoms with Crippen LogP contribution in [0.5, 0.6) is 0 Å². The number of amides is 1. The molecule has 0 saturated carbocycles. The number of anilines is 1. The van der Waals surface area contributed by atoms with E-state index in [1.807, 2.05) is 12.1 Å². The molecule has 2 rings (SSSR count). The molecule has 1 aromatic rings. The second-order valence-corrected chi connectivity index (χ2v) is 5.11. The average Bonchev–Trinajstić information content (AvgIpc) is 2.29. The van der Waals surface area contributed by atoms with Crippen LogP contribution in [0.1, 0.15) is 12.8 Å². The molecule has 4 nitrogen and oxygen atoms in total. The monoisotopic (exact) mass is 298 g/mol. The van der Waals surface area contributed by atoms with Crippen molar-refractivity contribution in [2.75, 3.05) is 18.0 Å². The molecule has 0 atom stereocenters. The van der Waals surface area contributed by atoms with E-state index in [0.29, 0.717) is 0 Å². The maximum absolute atomic E-state index is 10.5. The lowest BCUT2D eigenvalue weighted by atomic mass is 10.0. The van der Waals surface area contributed by atoms with E-state index in [1.165, 1.54) is 5.69 Å². The van der Waals surface area contributed by atoms with Crippen LogP contribution >= 0.6 is 15.9 Å². The van der Waals surface area contributed by atoms with Crippen LogP contribution in [0, 0.1) is 0 Å². The summed E-state index contributed by atoms with van der Waals surface area (Å²) in [7, 11) is 0. The topological polar surface area (TPSA) is 52.6 Å². The van der Waals surface area contributed by atoms with Crippen molar-refractivity contribution in [3.63, 3.8) is 0 Å². The molecular formula is C12H15BrN2O2. The van der Waals surface area contributed by atoms with E-state index in [4.69, 9.17) is 5.11 Å². The minimum Gasteiger partial charge on any atom is -0.465 e. The van der Waals surface area contributed by atoms with Gasteiger partial charge in [0, 0.05) is 29.3 Å². The zero-order valence-corrected chi connectivity index (χ0v) is 11.0. The molecule has 92 valence electrons. The molecule has 1 aromatic carbocycles. The third-order valence-corrected chi connectivity index (χ3v) is 3.49. The summed E-state index contributed by atoms with van der Waals surface area (Å²) in [5.74, 6) is 0. The summed E-state index contributed by atoms with van der Waals surface area (Å²) in [4.78, 5) is 12.8. The van der Waals surface area contributed by atoms with Gasteiger partial charge in [0.15, 0.2) is 0 Å². The molecule has 1 amide bonds. The van der Waals surface area contributed by atoms with Gasteiger partial charge >= 0.3 is 6.09 Å². The van der Waals surface area contributed by atoms with E-state index in [-0.39, 0.29) is 6.04 Å². The Labute approximate surface area is 109 Å². The lowest BCUT2D eigenvalue weighted by Gasteiger charge is -2.33. The molecule has 1 saturated heterocycles. The van der Waals surface area contributed by atoms with Crippen LogP contribution in [0.3, 0.4) is 0 Å². The van der Waals surface area contributed by atoms with Crippen LogP contribution in [0.2, 0.25) is 0 Å². The number of carboxylic acid groups (broad SMARTS) is 1. The van der Waals surface area contributed by atoms with Crippen LogP contribution in [0.4, 0.5) is 10.5 Å². The quantitative estimate of drug-likeness (QED) is 0.883. The first-order valence-electron chi connectivity index (χ1n) is 5.65. The highest BCUT2D eigenvalue weighted by Crippen LogP contribution is 2.23. The standard InChI is InChI=1S/C12H15BrN2O2/c13-9-2-1-3-11(8-9)15-6-4-10(5-7-15)14-12(16)17/h1-3,8,10,14H,4-7H2,(H,16,17). The van der Waals surface area contributed by atoms with Gasteiger partial charge < -0.3 is 15.3 Å². The number of carbonyl (C=O) groups is 1. The molecule has 0 bridgehead atoms. The normalized spacial score (nSPS) is 16.9. The molecule has 1 aliphatic heterocycles. The number of rotatable bonds is 2. The molecule has 0 radical (unpaired) electrons. The summed E-state index contributed by atoms with van der Waals surface area (Å²) in [5, 5.41) is 11.2. The Morgan fingerprint density at radius 1 is 1.41 bits per heavy atom. The minimum absolute atomic E-state index is 0.0934. The predicted molar refractivity (Wildman–Crippen MR) is 70.5 cm³/mol. The maximum Gasteiger partial charge on any atom is 0.404 e. The first-order valence-corrected chi connectivity index (χ1v) is 6.44. The smallest absolute Gasteiger partial charge is 0.404 e. The van der Waals surface area contributed by atoms with Gasteiger partial charge in [-0.05, 0) is 31.0 Å². The van der Waals surface area contributed by atoms with Crippen molar-refractivity contribution in [3.05, 3.63) is 28.7 Å². The summed E-state index contributed by atoms with van der Waals surface area (Å²) in [5.41, 5.74) is 1.19. The molecule has 0 aliphatic carbocycles. The van der Waals surface area contributed by atoms with Crippen LogP contribution in [-0.4, -0.2) is 30.3 Å². The predicted octanol–water partition coefficient (Wildman–Crippen LogP) is 2.69. The van der Waals surface area contributed by atoms with Gasteiger partial charge in [-0.2, -0.15) is 0 Å². The number of halogens is 1. The van der Waals surface area contributed by atoms with Crippen LogP contribution in [-0.2, 0) is 0 Å². The van der Waals surface area contributed by atoms with Gasteiger partial charge in [-0.1, -0.05) is 22.0 Å². The third kappa shape index (κ3) is 3.36. The Balaban J connectivity index is 1.93. The largest absolute Gasteiger partial charge is 0.465 e. The Morgan fingerprint density at radius 2 is 2.12 bits per heavy atom. The number of hydrogen-bond acceptors (Lipinski definition) is 2. The second kappa shape index (κ2) is 5.40. The van der Waals surface area contributed by atoms with Crippen molar-refractivity contribution in [2.45, 2.75) is 18.9 Å². The molecule has 2 N–H and O–H groups in total. The fraction of sp³-hybridized carbons (Fsp3) is 0.417. The Morgan fingerprint density at radius 3 is 2.71 bits per heavy atom. The Kier molecular flexibility index (Phi) is 3.89. The van der Waals surface area contributed by atoms with Crippen molar-refractivity contribution in [1.82, 2.24) is 5.32 Å². The van der Waals surface area contributed by atoms with Crippen LogP contribution < -0.4 is 10.2 Å². The Hall–Kier alpha value is -1.23. The Bertz CT molecular complexity index is 403. The SMILES string of the molecule is O=C(O)NC1CCN(c2cccc(Br)c2)CC1. The van der Waals surface area contributed by atoms with E-state index in [0.717, 1.165) is 30.4 Å². The van der Waals surface area contributed by atoms with Gasteiger partial charge in [0.05, 0.1) is 0 Å². The van der Waals surface area contributed by atoms with Crippen molar-refractivity contribution >= 4 is 27.7 Å². The summed E-state index contributed by atoms with van der Waals surface area (Å²) in [6.45, 7) is 1.78. The maximum atomic E-state index is 10.5. The fourth-order valence-electron chi connectivity index (χ4n) is 2.13. The molecule has 1 heterocycles. The lowest BCUT2D eigenvalue weighted by Crippen LogP contribution is -2.44. The van der Waals surface area contributed by atoms with Gasteiger partial charge in [0.25, 0.3) is 0 Å². The van der Waals surface area contributed by atoms with Crippen molar-refractivity contribution in [1.29, 1.82) is 0 Å². The lowest BCUT2D eigenvalue weighted by molar-refractivity contribution is 0.187. The molecular weight excluding hydrogens is 284 g/mol. The second-order valence-electron chi connectivity index (χ2n) is 4.19. The van der Waals surface area contributed by atoms with E-state index in [2.05, 4.69) is 38.3 Å². The highest BCUT2D eigenvalue weighted by atomic mass is 79.9. The molecule has 0 unspecified atom stereocenters. The first-order chi connectivity index (χ1) is 8.15. The molecule has 1 fully saturated rings. The van der Waals surface area contributed by atoms with Crippen molar-refractivity contribution < 1.29 is 9.90 Å². The number of hydrogen-bond donors (Lipinski definition) is 2. The third-order valence-electron chi connectivity index (χ3n) is 3.00. The van der Waals surface area contributed by atoms with Crippen LogP contribution in [0.15, 0.2) is 28.7 Å². The van der Waals surface area contributed by atoms with Gasteiger partial charge in [0.1, 0.15) is 0 Å². The molecule has 5 heteroatoms. The van der Waals surface area contributed by atoms with Crippen molar-refractivity contribution in [3.8, 4) is 0 Å². The number of piperidine rings is 1. The molecule has 1 aliphatic rings.